The van der Waals surface area contributed by atoms with Crippen LogP contribution < -0.4 is 21.2 Å². The molecule has 3 atom stereocenters. The number of β-lactam (4-membered cyclic amide) rings is 1. The second kappa shape index (κ2) is 17.3. The number of rotatable bonds is 16. The number of amides is 2. The smallest absolute Gasteiger partial charge is 0.356 e. The summed E-state index contributed by atoms with van der Waals surface area (Å²) in [5, 5.41) is 5.41. The fourth-order valence-corrected chi connectivity index (χ4v) is 12.7. The number of nitrogens with one attached hydrogen (secondary N) is 1. The molecule has 53 heavy (non-hydrogen) atoms. The van der Waals surface area contributed by atoms with Gasteiger partial charge >= 0.3 is 5.97 Å². The van der Waals surface area contributed by atoms with Crippen LogP contribution >= 0.6 is 6.89 Å². The Morgan fingerprint density at radius 1 is 0.849 bits per heavy atom. The fraction of sp³-hybridized carbons (Fsp3) is 0.279. The second-order valence-electron chi connectivity index (χ2n) is 14.1. The van der Waals surface area contributed by atoms with Gasteiger partial charge in [0.25, 0.3) is 5.91 Å². The Bertz CT molecular complexity index is 1890. The van der Waals surface area contributed by atoms with Crippen LogP contribution in [0.4, 0.5) is 0 Å². The van der Waals surface area contributed by atoms with Gasteiger partial charge in [0, 0.05) is 31.0 Å². The van der Waals surface area contributed by atoms with Gasteiger partial charge in [-0.25, -0.2) is 4.79 Å². The van der Waals surface area contributed by atoms with Gasteiger partial charge in [0.2, 0.25) is 5.91 Å². The van der Waals surface area contributed by atoms with Gasteiger partial charge in [0.05, 0.1) is 18.1 Å². The number of Topliss-reactive ketones (excluding diaryl/α,β-unsaturated/α-hetero) is 1. The first kappa shape index (κ1) is 39.4. The van der Waals surface area contributed by atoms with Crippen molar-refractivity contribution in [1.82, 2.24) is 10.2 Å². The Morgan fingerprint density at radius 3 is 1.87 bits per heavy atom. The molecule has 5 rings (SSSR count). The van der Waals surface area contributed by atoms with Crippen LogP contribution in [0, 0.1) is 5.92 Å². The number of nitrogens with zero attached hydrogens (tertiary/aromatic N) is 1. The molecule has 4 aromatic carbocycles. The maximum atomic E-state index is 14.9. The lowest BCUT2D eigenvalue weighted by Gasteiger charge is -2.52. The topological polar surface area (TPSA) is 102 Å². The minimum atomic E-state index is -3.18. The molecular formula is C43H49N2O6PSi. The van der Waals surface area contributed by atoms with Crippen molar-refractivity contribution in [1.29, 1.82) is 0 Å². The van der Waals surface area contributed by atoms with E-state index in [9.17, 15) is 19.2 Å². The molecule has 276 valence electrons. The zero-order chi connectivity index (χ0) is 38.2. The molecule has 1 saturated heterocycles. The monoisotopic (exact) mass is 748 g/mol. The molecule has 0 spiro atoms. The van der Waals surface area contributed by atoms with E-state index in [1.165, 1.54) is 11.0 Å². The Hall–Kier alpha value is -4.82. The zero-order valence-electron chi connectivity index (χ0n) is 31.2. The zero-order valence-corrected chi connectivity index (χ0v) is 33.1. The SMILES string of the molecule is C=CCOC(=O)C(N1C(=O)[C@H]([C@@H](C)O[Si](C)(C)C)[C@H]1CC(=O)c1cccc(C(=O)NCCC)c1)=P(c1ccccc1)(c1ccccc1)c1ccccc1. The van der Waals surface area contributed by atoms with E-state index >= 15 is 0 Å². The quantitative estimate of drug-likeness (QED) is 0.0360. The van der Waals surface area contributed by atoms with Gasteiger partial charge in [-0.1, -0.05) is 123 Å². The summed E-state index contributed by atoms with van der Waals surface area (Å²) in [4.78, 5) is 58.5. The molecule has 1 aliphatic rings. The summed E-state index contributed by atoms with van der Waals surface area (Å²) in [6.07, 6.45) is 1.64. The molecule has 1 heterocycles. The van der Waals surface area contributed by atoms with E-state index in [-0.39, 0.29) is 36.0 Å². The Labute approximate surface area is 314 Å². The summed E-state index contributed by atoms with van der Waals surface area (Å²) >= 11 is 0. The van der Waals surface area contributed by atoms with Gasteiger partial charge in [-0.05, 0) is 61.0 Å². The molecule has 1 aliphatic heterocycles. The summed E-state index contributed by atoms with van der Waals surface area (Å²) in [5.41, 5.74) is 0.909. The molecule has 1 N–H and O–H groups in total. The highest BCUT2D eigenvalue weighted by Gasteiger charge is 2.56. The highest BCUT2D eigenvalue weighted by molar-refractivity contribution is 7.96. The van der Waals surface area contributed by atoms with Crippen LogP contribution in [0.25, 0.3) is 0 Å². The minimum Gasteiger partial charge on any atom is -0.457 e. The van der Waals surface area contributed by atoms with Crippen LogP contribution in [-0.2, 0) is 18.8 Å². The maximum Gasteiger partial charge on any atom is 0.356 e. The standard InChI is InChI=1S/C43H49N2O6PSi/c1-7-27-44-40(47)33-20-18-19-32(29-33)38(46)30-37-39(31(3)51-53(4,5)6)41(48)45(37)42(43(49)50-28-8-2)52(34-21-12-9-13-22-34,35-23-14-10-15-24-35)36-25-16-11-17-26-36/h8-26,29,31,37,39H,2,7,27-28,30H2,1,3-6H3,(H,44,47)/t31-,37-,39-/m1/s1. The van der Waals surface area contributed by atoms with E-state index < -0.39 is 39.2 Å². The average molecular weight is 749 g/mol. The van der Waals surface area contributed by atoms with Crippen LogP contribution in [0.5, 0.6) is 0 Å². The molecule has 0 bridgehead atoms. The van der Waals surface area contributed by atoms with Crippen LogP contribution in [0.2, 0.25) is 19.6 Å². The number of benzene rings is 4. The summed E-state index contributed by atoms with van der Waals surface area (Å²) in [7, 11) is -2.15. The Kier molecular flexibility index (Phi) is 12.9. The predicted molar refractivity (Wildman–Crippen MR) is 217 cm³/mol. The lowest BCUT2D eigenvalue weighted by Crippen LogP contribution is -2.69. The lowest BCUT2D eigenvalue weighted by molar-refractivity contribution is -0.156. The first-order valence-electron chi connectivity index (χ1n) is 18.1. The number of ketones is 1. The number of ether oxygens (including phenoxy) is 1. The van der Waals surface area contributed by atoms with E-state index in [2.05, 4.69) is 31.5 Å². The number of hydrogen-bond donors (Lipinski definition) is 1. The lowest BCUT2D eigenvalue weighted by atomic mass is 9.79. The Morgan fingerprint density at radius 2 is 1.38 bits per heavy atom. The summed E-state index contributed by atoms with van der Waals surface area (Å²) in [6.45, 7) is 11.0. The molecule has 0 aliphatic carbocycles. The first-order chi connectivity index (χ1) is 25.4. The van der Waals surface area contributed by atoms with Crippen LogP contribution in [0.1, 0.15) is 47.4 Å². The number of esters is 1. The number of carbonyl (C=O) groups is 4. The van der Waals surface area contributed by atoms with Crippen LogP contribution in [-0.4, -0.2) is 67.5 Å². The van der Waals surface area contributed by atoms with Gasteiger partial charge in [-0.2, -0.15) is 0 Å². The molecule has 1 fully saturated rings. The number of likely N-dealkylation sites (tertiary alicyclic amines) is 1. The van der Waals surface area contributed by atoms with Crippen molar-refractivity contribution in [2.75, 3.05) is 13.2 Å². The van der Waals surface area contributed by atoms with Crippen molar-refractivity contribution in [2.45, 2.75) is 58.5 Å². The van der Waals surface area contributed by atoms with E-state index in [4.69, 9.17) is 9.16 Å². The van der Waals surface area contributed by atoms with E-state index in [1.807, 2.05) is 105 Å². The van der Waals surface area contributed by atoms with Crippen molar-refractivity contribution in [3.8, 4) is 0 Å². The average Bonchev–Trinajstić information content (AvgIpc) is 3.16. The third-order valence-electron chi connectivity index (χ3n) is 9.18. The molecule has 8 nitrogen and oxygen atoms in total. The van der Waals surface area contributed by atoms with Crippen molar-refractivity contribution >= 4 is 60.1 Å². The van der Waals surface area contributed by atoms with Gasteiger partial charge in [-0.3, -0.25) is 14.4 Å². The second-order valence-corrected chi connectivity index (χ2v) is 21.9. The first-order valence-corrected chi connectivity index (χ1v) is 23.3. The molecular weight excluding hydrogens is 700 g/mol. The summed E-state index contributed by atoms with van der Waals surface area (Å²) in [5.74, 6) is -2.20. The van der Waals surface area contributed by atoms with E-state index in [1.54, 1.807) is 24.3 Å². The predicted octanol–water partition coefficient (Wildman–Crippen LogP) is 6.32. The van der Waals surface area contributed by atoms with Crippen molar-refractivity contribution in [2.24, 2.45) is 5.92 Å². The maximum absolute atomic E-state index is 14.9. The molecule has 2 amide bonds. The van der Waals surface area contributed by atoms with Gasteiger partial charge < -0.3 is 19.4 Å². The van der Waals surface area contributed by atoms with E-state index in [0.29, 0.717) is 17.7 Å². The van der Waals surface area contributed by atoms with Gasteiger partial charge in [0.15, 0.2) is 14.1 Å². The molecule has 0 radical (unpaired) electrons. The van der Waals surface area contributed by atoms with Crippen molar-refractivity contribution < 1.29 is 28.3 Å². The largest absolute Gasteiger partial charge is 0.457 e. The molecule has 0 unspecified atom stereocenters. The Balaban J connectivity index is 1.79. The molecule has 4 aromatic rings. The highest BCUT2D eigenvalue weighted by atomic mass is 31.2. The summed E-state index contributed by atoms with van der Waals surface area (Å²) < 4.78 is 12.4. The normalized spacial score (nSPS) is 16.2. The third-order valence-corrected chi connectivity index (χ3v) is 14.5. The van der Waals surface area contributed by atoms with Gasteiger partial charge in [-0.15, -0.1) is 0 Å². The third kappa shape index (κ3) is 8.54. The van der Waals surface area contributed by atoms with Crippen molar-refractivity contribution in [3.05, 3.63) is 139 Å². The van der Waals surface area contributed by atoms with Crippen LogP contribution in [0.15, 0.2) is 128 Å². The van der Waals surface area contributed by atoms with Crippen molar-refractivity contribution in [3.63, 3.8) is 0 Å². The van der Waals surface area contributed by atoms with Gasteiger partial charge in [0.1, 0.15) is 12.0 Å². The number of hydrogen-bond acceptors (Lipinski definition) is 6. The molecule has 0 saturated carbocycles. The fourth-order valence-electron chi connectivity index (χ4n) is 7.04. The minimum absolute atomic E-state index is 0.0716. The summed E-state index contributed by atoms with van der Waals surface area (Å²) in [6, 6.07) is 35.1. The number of carbonyl (C=O) groups excluding carboxylic acids is 4. The van der Waals surface area contributed by atoms with Crippen LogP contribution in [0.3, 0.4) is 0 Å². The highest BCUT2D eigenvalue weighted by Crippen LogP contribution is 2.50. The molecule has 10 heteroatoms. The van der Waals surface area contributed by atoms with E-state index in [0.717, 1.165) is 22.3 Å². The molecule has 0 aromatic heterocycles.